The smallest absolute Gasteiger partial charge is 0.224 e. The average Bonchev–Trinajstić information content (AvgIpc) is 2.86. The van der Waals surface area contributed by atoms with E-state index in [4.69, 9.17) is 5.73 Å². The first kappa shape index (κ1) is 23.3. The molecule has 1 heterocycles. The van der Waals surface area contributed by atoms with Crippen molar-refractivity contribution in [2.45, 2.75) is 23.3 Å². The molecule has 3 atom stereocenters. The van der Waals surface area contributed by atoms with Crippen LogP contribution < -0.4 is 21.1 Å². The van der Waals surface area contributed by atoms with Gasteiger partial charge in [-0.2, -0.15) is 0 Å². The van der Waals surface area contributed by atoms with Crippen LogP contribution >= 0.6 is 0 Å². The second-order valence-electron chi connectivity index (χ2n) is 8.36. The van der Waals surface area contributed by atoms with E-state index >= 15 is 0 Å². The lowest BCUT2D eigenvalue weighted by atomic mass is 9.90. The molecule has 5 N–H and O–H groups in total. The van der Waals surface area contributed by atoms with E-state index in [0.717, 1.165) is 0 Å². The Balaban J connectivity index is 1.35. The lowest BCUT2D eigenvalue weighted by molar-refractivity contribution is -0.125. The predicted octanol–water partition coefficient (Wildman–Crippen LogP) is 2.81. The first-order valence-corrected chi connectivity index (χ1v) is 12.4. The lowest BCUT2D eigenvalue weighted by Gasteiger charge is -2.30. The Morgan fingerprint density at radius 3 is 2.18 bits per heavy atom. The summed E-state index contributed by atoms with van der Waals surface area (Å²) in [7, 11) is 0. The number of hydrogen-bond donors (Lipinski definition) is 4. The van der Waals surface area contributed by atoms with Gasteiger partial charge < -0.3 is 20.9 Å². The third-order valence-electron chi connectivity index (χ3n) is 5.97. The molecule has 0 spiro atoms. The zero-order chi connectivity index (χ0) is 23.0. The Morgan fingerprint density at radius 1 is 0.970 bits per heavy atom. The van der Waals surface area contributed by atoms with Crippen molar-refractivity contribution in [2.75, 3.05) is 25.4 Å². The quantitative estimate of drug-likeness (QED) is 0.305. The first-order chi connectivity index (χ1) is 16.1. The summed E-state index contributed by atoms with van der Waals surface area (Å²) >= 11 is -1.36. The largest absolute Gasteiger partial charge is 0.593 e. The molecular weight excluding hydrogens is 432 g/mol. The minimum Gasteiger partial charge on any atom is -0.593 e. The Bertz CT molecular complexity index is 978. The molecule has 1 aliphatic heterocycles. The zero-order valence-electron chi connectivity index (χ0n) is 18.4. The van der Waals surface area contributed by atoms with Gasteiger partial charge in [-0.25, -0.2) is 0 Å². The molecule has 3 aromatic carbocycles. The normalized spacial score (nSPS) is 19.2. The molecule has 1 saturated heterocycles. The Labute approximate surface area is 198 Å². The van der Waals surface area contributed by atoms with Crippen LogP contribution in [0.4, 0.5) is 5.69 Å². The van der Waals surface area contributed by atoms with Gasteiger partial charge in [0.25, 0.3) is 0 Å². The fourth-order valence-corrected chi connectivity index (χ4v) is 5.19. The van der Waals surface area contributed by atoms with Crippen molar-refractivity contribution >= 4 is 23.0 Å². The monoisotopic (exact) mass is 462 g/mol. The van der Waals surface area contributed by atoms with E-state index in [-0.39, 0.29) is 23.8 Å². The van der Waals surface area contributed by atoms with Gasteiger partial charge in [0.2, 0.25) is 5.91 Å². The highest BCUT2D eigenvalue weighted by Crippen LogP contribution is 2.24. The van der Waals surface area contributed by atoms with Crippen molar-refractivity contribution in [3.63, 3.8) is 0 Å². The molecule has 6 nitrogen and oxygen atoms in total. The van der Waals surface area contributed by atoms with Crippen molar-refractivity contribution in [3.8, 4) is 0 Å². The van der Waals surface area contributed by atoms with Crippen molar-refractivity contribution in [1.82, 2.24) is 15.4 Å². The molecule has 0 aliphatic carbocycles. The highest BCUT2D eigenvalue weighted by molar-refractivity contribution is 7.89. The van der Waals surface area contributed by atoms with Gasteiger partial charge >= 0.3 is 0 Å². The third-order valence-corrected chi connectivity index (χ3v) is 7.22. The van der Waals surface area contributed by atoms with Gasteiger partial charge in [-0.3, -0.25) is 4.79 Å². The van der Waals surface area contributed by atoms with Crippen LogP contribution in [-0.4, -0.2) is 36.1 Å². The number of nitrogen functional groups attached to an aromatic ring is 1. The highest BCUT2D eigenvalue weighted by Gasteiger charge is 2.30. The maximum atomic E-state index is 13.0. The Morgan fingerprint density at radius 2 is 1.58 bits per heavy atom. The van der Waals surface area contributed by atoms with Crippen LogP contribution in [0.25, 0.3) is 0 Å². The third kappa shape index (κ3) is 6.36. The average molecular weight is 463 g/mol. The predicted molar refractivity (Wildman–Crippen MR) is 133 cm³/mol. The number of piperidine rings is 1. The number of carbonyl (C=O) groups is 1. The Kier molecular flexibility index (Phi) is 8.01. The summed E-state index contributed by atoms with van der Waals surface area (Å²) in [5, 5.41) is 6.47. The second-order valence-corrected chi connectivity index (χ2v) is 9.61. The molecule has 7 heteroatoms. The molecule has 1 unspecified atom stereocenters. The van der Waals surface area contributed by atoms with Crippen LogP contribution in [0.3, 0.4) is 0 Å². The van der Waals surface area contributed by atoms with E-state index in [1.165, 1.54) is 11.1 Å². The maximum Gasteiger partial charge on any atom is 0.224 e. The summed E-state index contributed by atoms with van der Waals surface area (Å²) in [6.07, 6.45) is 0.626. The zero-order valence-corrected chi connectivity index (χ0v) is 19.3. The summed E-state index contributed by atoms with van der Waals surface area (Å²) in [4.78, 5) is 13.7. The number of benzene rings is 3. The molecule has 1 aliphatic rings. The van der Waals surface area contributed by atoms with Gasteiger partial charge in [0.15, 0.2) is 4.90 Å². The first-order valence-electron chi connectivity index (χ1n) is 11.2. The van der Waals surface area contributed by atoms with Crippen molar-refractivity contribution in [2.24, 2.45) is 5.92 Å². The SMILES string of the molecule is Nc1ccc([S+]([O-])N[C@H]2CNC[C@@H](C(=O)NCC(c3ccccc3)c3ccccc3)C2)cc1. The van der Waals surface area contributed by atoms with Crippen molar-refractivity contribution < 1.29 is 9.35 Å². The fraction of sp³-hybridized carbons (Fsp3) is 0.269. The molecule has 4 rings (SSSR count). The van der Waals surface area contributed by atoms with Crippen LogP contribution in [0.1, 0.15) is 23.5 Å². The van der Waals surface area contributed by atoms with Gasteiger partial charge in [-0.15, -0.1) is 4.72 Å². The van der Waals surface area contributed by atoms with Crippen LogP contribution in [0.2, 0.25) is 0 Å². The van der Waals surface area contributed by atoms with Crippen LogP contribution in [0, 0.1) is 5.92 Å². The highest BCUT2D eigenvalue weighted by atomic mass is 32.2. The van der Waals surface area contributed by atoms with Crippen LogP contribution in [-0.2, 0) is 16.2 Å². The van der Waals surface area contributed by atoms with Crippen LogP contribution in [0.15, 0.2) is 89.8 Å². The van der Waals surface area contributed by atoms with Crippen LogP contribution in [0.5, 0.6) is 0 Å². The van der Waals surface area contributed by atoms with Crippen molar-refractivity contribution in [1.29, 1.82) is 0 Å². The summed E-state index contributed by atoms with van der Waals surface area (Å²) in [5.74, 6) is -0.0872. The van der Waals surface area contributed by atoms with Gasteiger partial charge in [0.05, 0.1) is 23.3 Å². The summed E-state index contributed by atoms with van der Waals surface area (Å²) in [5.41, 5.74) is 8.69. The van der Waals surface area contributed by atoms with Gasteiger partial charge in [-0.1, -0.05) is 60.7 Å². The van der Waals surface area contributed by atoms with E-state index in [1.807, 2.05) is 36.4 Å². The molecule has 3 aromatic rings. The van der Waals surface area contributed by atoms with Crippen molar-refractivity contribution in [3.05, 3.63) is 96.1 Å². The number of anilines is 1. The lowest BCUT2D eigenvalue weighted by Crippen LogP contribution is -2.52. The molecule has 0 radical (unpaired) electrons. The van der Waals surface area contributed by atoms with Gasteiger partial charge in [0.1, 0.15) is 0 Å². The molecule has 172 valence electrons. The van der Waals surface area contributed by atoms with Gasteiger partial charge in [-0.05, 0) is 41.8 Å². The maximum absolute atomic E-state index is 13.0. The summed E-state index contributed by atoms with van der Waals surface area (Å²) in [6.45, 7) is 1.81. The second kappa shape index (κ2) is 11.3. The topological polar surface area (TPSA) is 102 Å². The Hall–Kier alpha value is -2.84. The van der Waals surface area contributed by atoms with E-state index < -0.39 is 11.4 Å². The van der Waals surface area contributed by atoms with E-state index in [1.54, 1.807) is 24.3 Å². The minimum atomic E-state index is -1.36. The number of rotatable bonds is 8. The number of nitrogens with one attached hydrogen (secondary N) is 3. The molecular formula is C26H30N4O2S. The molecule has 0 saturated carbocycles. The summed E-state index contributed by atoms with van der Waals surface area (Å²) < 4.78 is 15.8. The number of amides is 1. The molecule has 1 fully saturated rings. The summed E-state index contributed by atoms with van der Waals surface area (Å²) in [6, 6.07) is 27.4. The van der Waals surface area contributed by atoms with Gasteiger partial charge in [0, 0.05) is 31.2 Å². The van der Waals surface area contributed by atoms with E-state index in [0.29, 0.717) is 36.6 Å². The van der Waals surface area contributed by atoms with E-state index in [2.05, 4.69) is 39.6 Å². The number of nitrogens with two attached hydrogens (primary N) is 1. The molecule has 0 bridgehead atoms. The minimum absolute atomic E-state index is 0.0177. The standard InChI is InChI=1S/C26H30N4O2S/c27-22-11-13-24(14-12-22)33(32)30-23-15-21(16-28-17-23)26(31)29-18-25(19-7-3-1-4-8-19)20-9-5-2-6-10-20/h1-14,21,23,25,28,30H,15-18,27H2,(H,29,31)/t21-,23+,33?/m0/s1. The molecule has 33 heavy (non-hydrogen) atoms. The molecule has 0 aromatic heterocycles. The number of hydrogen-bond acceptors (Lipinski definition) is 5. The van der Waals surface area contributed by atoms with E-state index in [9.17, 15) is 9.35 Å². The molecule has 1 amide bonds. The number of carbonyl (C=O) groups excluding carboxylic acids is 1. The fourth-order valence-electron chi connectivity index (χ4n) is 4.19.